The van der Waals surface area contributed by atoms with E-state index in [0.717, 1.165) is 18.7 Å². The summed E-state index contributed by atoms with van der Waals surface area (Å²) >= 11 is 12.1. The molecule has 11 heteroatoms. The van der Waals surface area contributed by atoms with Crippen molar-refractivity contribution in [3.8, 4) is 0 Å². The molecule has 1 aromatic rings. The third-order valence-electron chi connectivity index (χ3n) is 3.91. The predicted molar refractivity (Wildman–Crippen MR) is 113 cm³/mol. The minimum Gasteiger partial charge on any atom is -0.478 e. The zero-order valence-electron chi connectivity index (χ0n) is 16.4. The first-order valence-electron chi connectivity index (χ1n) is 9.17. The normalized spacial score (nSPS) is 18.6. The van der Waals surface area contributed by atoms with E-state index in [-0.39, 0.29) is 18.1 Å². The van der Waals surface area contributed by atoms with Crippen LogP contribution in [0.1, 0.15) is 18.6 Å². The van der Waals surface area contributed by atoms with Gasteiger partial charge in [0.2, 0.25) is 0 Å². The van der Waals surface area contributed by atoms with Gasteiger partial charge < -0.3 is 30.9 Å². The number of urea groups is 1. The standard InChI is InChI=1S/C15H21Cl2N3O2.C4H4O4/c1-2-19-15(21)20-9-11-8-18-5-6-22-14(11)10-3-4-12(16)13(17)7-10;5-3(6)1-2-4(7)8/h3-4,7,11,14,18H,2,5-6,8-9H2,1H3,(H2,19,20,21);1-2H,(H,5,6)(H,7,8)/b;2-1+/t11-,14-;/m0./s1. The fraction of sp³-hybridized carbons (Fsp3) is 0.421. The zero-order valence-corrected chi connectivity index (χ0v) is 17.9. The number of carbonyl (C=O) groups excluding carboxylic acids is 1. The highest BCUT2D eigenvalue weighted by Gasteiger charge is 2.27. The molecule has 0 unspecified atom stereocenters. The maximum atomic E-state index is 11.6. The Balaban J connectivity index is 0.000000479. The second kappa shape index (κ2) is 13.8. The molecular formula is C19H25Cl2N3O6. The molecule has 0 aliphatic carbocycles. The van der Waals surface area contributed by atoms with Gasteiger partial charge in [0.25, 0.3) is 0 Å². The van der Waals surface area contributed by atoms with Gasteiger partial charge in [0.15, 0.2) is 0 Å². The van der Waals surface area contributed by atoms with Crippen LogP contribution in [-0.4, -0.2) is 61.0 Å². The van der Waals surface area contributed by atoms with Crippen LogP contribution in [0.5, 0.6) is 0 Å². The number of aliphatic carboxylic acids is 2. The van der Waals surface area contributed by atoms with Crippen LogP contribution >= 0.6 is 23.2 Å². The Kier molecular flexibility index (Phi) is 11.8. The minimum atomic E-state index is -1.26. The maximum Gasteiger partial charge on any atom is 0.328 e. The molecule has 30 heavy (non-hydrogen) atoms. The topological polar surface area (TPSA) is 137 Å². The second-order valence-electron chi connectivity index (χ2n) is 6.18. The number of amides is 2. The summed E-state index contributed by atoms with van der Waals surface area (Å²) in [6.07, 6.45) is 0.983. The average molecular weight is 462 g/mol. The Morgan fingerprint density at radius 1 is 1.17 bits per heavy atom. The van der Waals surface area contributed by atoms with E-state index < -0.39 is 11.9 Å². The predicted octanol–water partition coefficient (Wildman–Crippen LogP) is 2.30. The largest absolute Gasteiger partial charge is 0.478 e. The van der Waals surface area contributed by atoms with E-state index in [9.17, 15) is 14.4 Å². The van der Waals surface area contributed by atoms with Crippen molar-refractivity contribution in [2.45, 2.75) is 13.0 Å². The second-order valence-corrected chi connectivity index (χ2v) is 6.99. The molecule has 0 spiro atoms. The highest BCUT2D eigenvalue weighted by molar-refractivity contribution is 6.42. The highest BCUT2D eigenvalue weighted by Crippen LogP contribution is 2.31. The molecule has 0 aromatic heterocycles. The fourth-order valence-corrected chi connectivity index (χ4v) is 2.92. The van der Waals surface area contributed by atoms with E-state index in [2.05, 4.69) is 16.0 Å². The van der Waals surface area contributed by atoms with Crippen LogP contribution in [0.25, 0.3) is 0 Å². The molecule has 166 valence electrons. The van der Waals surface area contributed by atoms with E-state index in [1.165, 1.54) is 0 Å². The van der Waals surface area contributed by atoms with Crippen molar-refractivity contribution in [3.05, 3.63) is 46.0 Å². The van der Waals surface area contributed by atoms with E-state index in [0.29, 0.717) is 41.9 Å². The molecule has 0 saturated carbocycles. The number of rotatable bonds is 6. The summed E-state index contributed by atoms with van der Waals surface area (Å²) in [5.41, 5.74) is 0.973. The fourth-order valence-electron chi connectivity index (χ4n) is 2.62. The number of carbonyl (C=O) groups is 3. The van der Waals surface area contributed by atoms with Crippen molar-refractivity contribution >= 4 is 41.2 Å². The summed E-state index contributed by atoms with van der Waals surface area (Å²) in [4.78, 5) is 30.7. The average Bonchev–Trinajstić information content (AvgIpc) is 2.93. The molecule has 1 saturated heterocycles. The number of hydrogen-bond donors (Lipinski definition) is 5. The van der Waals surface area contributed by atoms with Crippen LogP contribution in [0, 0.1) is 5.92 Å². The quantitative estimate of drug-likeness (QED) is 0.409. The Labute approximate surface area is 184 Å². The summed E-state index contributed by atoms with van der Waals surface area (Å²) in [6, 6.07) is 5.36. The summed E-state index contributed by atoms with van der Waals surface area (Å²) in [6.45, 7) is 5.16. The van der Waals surface area contributed by atoms with Gasteiger partial charge in [-0.1, -0.05) is 29.3 Å². The van der Waals surface area contributed by atoms with E-state index >= 15 is 0 Å². The molecule has 1 fully saturated rings. The van der Waals surface area contributed by atoms with Gasteiger partial charge in [-0.2, -0.15) is 0 Å². The van der Waals surface area contributed by atoms with Crippen molar-refractivity contribution in [3.63, 3.8) is 0 Å². The summed E-state index contributed by atoms with van der Waals surface area (Å²) in [5, 5.41) is 25.6. The van der Waals surface area contributed by atoms with Crippen LogP contribution in [0.15, 0.2) is 30.4 Å². The SMILES string of the molecule is CCNC(=O)NC[C@@H]1CNCCO[C@H]1c1ccc(Cl)c(Cl)c1.O=C(O)/C=C/C(=O)O. The van der Waals surface area contributed by atoms with E-state index in [4.69, 9.17) is 38.2 Å². The molecule has 0 bridgehead atoms. The van der Waals surface area contributed by atoms with Gasteiger partial charge in [-0.15, -0.1) is 0 Å². The first-order valence-corrected chi connectivity index (χ1v) is 9.93. The third-order valence-corrected chi connectivity index (χ3v) is 4.65. The highest BCUT2D eigenvalue weighted by atomic mass is 35.5. The summed E-state index contributed by atoms with van der Waals surface area (Å²) < 4.78 is 5.95. The lowest BCUT2D eigenvalue weighted by Gasteiger charge is -2.25. The van der Waals surface area contributed by atoms with Gasteiger partial charge >= 0.3 is 18.0 Å². The van der Waals surface area contributed by atoms with Crippen LogP contribution in [0.4, 0.5) is 4.79 Å². The van der Waals surface area contributed by atoms with Gasteiger partial charge in [0.05, 0.1) is 22.8 Å². The molecule has 9 nitrogen and oxygen atoms in total. The summed E-state index contributed by atoms with van der Waals surface area (Å²) in [7, 11) is 0. The number of benzene rings is 1. The lowest BCUT2D eigenvalue weighted by atomic mass is 9.95. The number of ether oxygens (including phenoxy) is 1. The van der Waals surface area contributed by atoms with Gasteiger partial charge in [0, 0.05) is 44.2 Å². The molecule has 1 aliphatic rings. The van der Waals surface area contributed by atoms with Crippen LogP contribution < -0.4 is 16.0 Å². The molecule has 0 radical (unpaired) electrons. The number of carboxylic acids is 2. The molecule has 1 aromatic carbocycles. The molecule has 1 heterocycles. The molecule has 1 aliphatic heterocycles. The number of halogens is 2. The minimum absolute atomic E-state index is 0.113. The first kappa shape index (κ1) is 25.7. The van der Waals surface area contributed by atoms with Gasteiger partial charge in [-0.25, -0.2) is 14.4 Å². The van der Waals surface area contributed by atoms with Crippen molar-refractivity contribution in [2.24, 2.45) is 5.92 Å². The Morgan fingerprint density at radius 2 is 1.83 bits per heavy atom. The van der Waals surface area contributed by atoms with Crippen molar-refractivity contribution in [2.75, 3.05) is 32.8 Å². The zero-order chi connectivity index (χ0) is 22.5. The smallest absolute Gasteiger partial charge is 0.328 e. The van der Waals surface area contributed by atoms with Gasteiger partial charge in [-0.05, 0) is 24.6 Å². The van der Waals surface area contributed by atoms with Crippen molar-refractivity contribution in [1.29, 1.82) is 0 Å². The Hall–Kier alpha value is -2.33. The van der Waals surface area contributed by atoms with Crippen molar-refractivity contribution < 1.29 is 29.3 Å². The van der Waals surface area contributed by atoms with Crippen LogP contribution in [-0.2, 0) is 14.3 Å². The number of nitrogens with one attached hydrogen (secondary N) is 3. The van der Waals surface area contributed by atoms with E-state index in [1.807, 2.05) is 19.1 Å². The maximum absolute atomic E-state index is 11.6. The first-order chi connectivity index (χ1) is 14.2. The summed E-state index contributed by atoms with van der Waals surface area (Å²) in [5.74, 6) is -2.40. The third kappa shape index (κ3) is 9.93. The van der Waals surface area contributed by atoms with Crippen molar-refractivity contribution in [1.82, 2.24) is 16.0 Å². The Bertz CT molecular complexity index is 744. The number of hydrogen-bond acceptors (Lipinski definition) is 5. The van der Waals surface area contributed by atoms with Gasteiger partial charge in [0.1, 0.15) is 0 Å². The van der Waals surface area contributed by atoms with Crippen LogP contribution in [0.2, 0.25) is 10.0 Å². The molecule has 2 atom stereocenters. The Morgan fingerprint density at radius 3 is 2.40 bits per heavy atom. The van der Waals surface area contributed by atoms with Crippen LogP contribution in [0.3, 0.4) is 0 Å². The van der Waals surface area contributed by atoms with E-state index in [1.54, 1.807) is 6.07 Å². The lowest BCUT2D eigenvalue weighted by molar-refractivity contribution is -0.134. The molecular weight excluding hydrogens is 437 g/mol. The number of carboxylic acid groups (broad SMARTS) is 2. The lowest BCUT2D eigenvalue weighted by Crippen LogP contribution is -2.41. The molecule has 2 rings (SSSR count). The monoisotopic (exact) mass is 461 g/mol. The molecule has 5 N–H and O–H groups in total. The molecule has 2 amide bonds. The van der Waals surface area contributed by atoms with Gasteiger partial charge in [-0.3, -0.25) is 0 Å².